The minimum atomic E-state index is -3.68. The van der Waals surface area contributed by atoms with Crippen molar-refractivity contribution >= 4 is 48.7 Å². The zero-order valence-electron chi connectivity index (χ0n) is 7.24. The highest BCUT2D eigenvalue weighted by molar-refractivity contribution is 14.1. The van der Waals surface area contributed by atoms with E-state index in [9.17, 15) is 13.2 Å². The number of nitrogens with one attached hydrogen (secondary N) is 1. The number of nitrogens with zero attached hydrogens (tertiary/aromatic N) is 1. The van der Waals surface area contributed by atoms with E-state index < -0.39 is 9.24 Å². The van der Waals surface area contributed by atoms with Gasteiger partial charge in [0.05, 0.1) is 28.8 Å². The SMILES string of the molecule is O=C(NI)[C@H]1CCCN(S(=O)(=O)Cl)C1. The molecule has 0 aromatic heterocycles. The van der Waals surface area contributed by atoms with Gasteiger partial charge in [0.1, 0.15) is 0 Å². The predicted molar refractivity (Wildman–Crippen MR) is 61.2 cm³/mol. The maximum absolute atomic E-state index is 11.3. The third-order valence-corrected chi connectivity index (χ3v) is 4.22. The summed E-state index contributed by atoms with van der Waals surface area (Å²) < 4.78 is 25.6. The Balaban J connectivity index is 2.65. The van der Waals surface area contributed by atoms with Crippen LogP contribution in [0.2, 0.25) is 0 Å². The minimum Gasteiger partial charge on any atom is -0.299 e. The van der Waals surface area contributed by atoms with Crippen molar-refractivity contribution < 1.29 is 13.2 Å². The third-order valence-electron chi connectivity index (χ3n) is 2.16. The Morgan fingerprint density at radius 3 is 2.71 bits per heavy atom. The van der Waals surface area contributed by atoms with Crippen molar-refractivity contribution in [1.29, 1.82) is 0 Å². The molecule has 1 rings (SSSR count). The number of halogens is 2. The van der Waals surface area contributed by atoms with Crippen LogP contribution in [0.4, 0.5) is 0 Å². The summed E-state index contributed by atoms with van der Waals surface area (Å²) >= 11 is 1.74. The third kappa shape index (κ3) is 3.21. The van der Waals surface area contributed by atoms with Gasteiger partial charge in [0, 0.05) is 23.8 Å². The largest absolute Gasteiger partial charge is 0.299 e. The summed E-state index contributed by atoms with van der Waals surface area (Å²) in [5, 5.41) is 0. The van der Waals surface area contributed by atoms with E-state index in [0.29, 0.717) is 19.4 Å². The summed E-state index contributed by atoms with van der Waals surface area (Å²) in [6.45, 7) is 0.581. The van der Waals surface area contributed by atoms with Gasteiger partial charge in [-0.1, -0.05) is 0 Å². The molecule has 0 spiro atoms. The van der Waals surface area contributed by atoms with Crippen molar-refractivity contribution in [2.75, 3.05) is 13.1 Å². The second-order valence-corrected chi connectivity index (χ2v) is 6.15. The standard InChI is InChI=1S/C6H10ClIN2O3S/c7-14(12,13)10-3-1-2-5(4-10)6(11)9-8/h5H,1-4H2,(H,9,11)/t5-/m0/s1. The fourth-order valence-electron chi connectivity index (χ4n) is 1.43. The van der Waals surface area contributed by atoms with Gasteiger partial charge >= 0.3 is 0 Å². The summed E-state index contributed by atoms with van der Waals surface area (Å²) in [5.41, 5.74) is 0. The normalized spacial score (nSPS) is 24.6. The molecule has 1 atom stereocenters. The van der Waals surface area contributed by atoms with E-state index in [1.165, 1.54) is 0 Å². The molecular formula is C6H10ClIN2O3S. The molecule has 14 heavy (non-hydrogen) atoms. The van der Waals surface area contributed by atoms with Crippen molar-refractivity contribution in [1.82, 2.24) is 7.84 Å². The molecule has 8 heteroatoms. The smallest absolute Gasteiger partial charge is 0.299 e. The molecule has 1 aliphatic rings. The highest BCUT2D eigenvalue weighted by atomic mass is 127. The van der Waals surface area contributed by atoms with Gasteiger partial charge in [0.15, 0.2) is 0 Å². The van der Waals surface area contributed by atoms with E-state index in [0.717, 1.165) is 4.31 Å². The first-order chi connectivity index (χ1) is 6.45. The van der Waals surface area contributed by atoms with Gasteiger partial charge in [0.25, 0.3) is 9.24 Å². The summed E-state index contributed by atoms with van der Waals surface area (Å²) in [7, 11) is 1.51. The highest BCUT2D eigenvalue weighted by Gasteiger charge is 2.30. The van der Waals surface area contributed by atoms with Gasteiger partial charge < -0.3 is 0 Å². The van der Waals surface area contributed by atoms with Gasteiger partial charge in [-0.2, -0.15) is 12.7 Å². The van der Waals surface area contributed by atoms with E-state index >= 15 is 0 Å². The second-order valence-electron chi connectivity index (χ2n) is 3.10. The lowest BCUT2D eigenvalue weighted by atomic mass is 9.99. The topological polar surface area (TPSA) is 66.5 Å². The van der Waals surface area contributed by atoms with Gasteiger partial charge in [0.2, 0.25) is 5.91 Å². The van der Waals surface area contributed by atoms with Crippen LogP contribution >= 0.6 is 33.5 Å². The summed E-state index contributed by atoms with van der Waals surface area (Å²) in [4.78, 5) is 11.3. The molecule has 1 aliphatic heterocycles. The van der Waals surface area contributed by atoms with Crippen LogP contribution < -0.4 is 3.53 Å². The Hall–Kier alpha value is 0.400. The van der Waals surface area contributed by atoms with E-state index in [1.807, 2.05) is 0 Å². The van der Waals surface area contributed by atoms with E-state index in [4.69, 9.17) is 10.7 Å². The average molecular weight is 353 g/mol. The van der Waals surface area contributed by atoms with Crippen LogP contribution in [-0.4, -0.2) is 31.7 Å². The molecule has 1 saturated heterocycles. The molecule has 1 heterocycles. The van der Waals surface area contributed by atoms with Gasteiger partial charge in [-0.05, 0) is 12.8 Å². The van der Waals surface area contributed by atoms with Gasteiger partial charge in [-0.25, -0.2) is 0 Å². The monoisotopic (exact) mass is 352 g/mol. The van der Waals surface area contributed by atoms with Crippen LogP contribution in [-0.2, 0) is 14.0 Å². The van der Waals surface area contributed by atoms with Crippen molar-refractivity contribution in [2.24, 2.45) is 5.92 Å². The zero-order chi connectivity index (χ0) is 10.8. The maximum Gasteiger partial charge on any atom is 0.299 e. The number of hydrogen-bond acceptors (Lipinski definition) is 3. The van der Waals surface area contributed by atoms with Crippen molar-refractivity contribution in [3.63, 3.8) is 0 Å². The molecule has 0 aliphatic carbocycles. The van der Waals surface area contributed by atoms with E-state index in [1.54, 1.807) is 22.9 Å². The van der Waals surface area contributed by atoms with Crippen LogP contribution in [0.3, 0.4) is 0 Å². The molecule has 0 radical (unpaired) electrons. The zero-order valence-corrected chi connectivity index (χ0v) is 11.0. The molecular weight excluding hydrogens is 343 g/mol. The van der Waals surface area contributed by atoms with Crippen LogP contribution in [0.1, 0.15) is 12.8 Å². The summed E-state index contributed by atoms with van der Waals surface area (Å²) in [6.07, 6.45) is 1.37. The second kappa shape index (κ2) is 4.95. The van der Waals surface area contributed by atoms with Crippen molar-refractivity contribution in [2.45, 2.75) is 12.8 Å². The lowest BCUT2D eigenvalue weighted by Gasteiger charge is -2.28. The average Bonchev–Trinajstić information content (AvgIpc) is 2.15. The van der Waals surface area contributed by atoms with Gasteiger partial charge in [-0.3, -0.25) is 8.32 Å². The van der Waals surface area contributed by atoms with Crippen LogP contribution in [0.5, 0.6) is 0 Å². The number of piperidine rings is 1. The molecule has 0 unspecified atom stereocenters. The molecule has 5 nitrogen and oxygen atoms in total. The first-order valence-corrected chi connectivity index (χ1v) is 7.40. The van der Waals surface area contributed by atoms with Crippen LogP contribution in [0.25, 0.3) is 0 Å². The number of hydrogen-bond donors (Lipinski definition) is 1. The molecule has 0 saturated carbocycles. The fraction of sp³-hybridized carbons (Fsp3) is 0.833. The van der Waals surface area contributed by atoms with E-state index in [2.05, 4.69) is 3.53 Å². The lowest BCUT2D eigenvalue weighted by Crippen LogP contribution is -2.42. The molecule has 0 bridgehead atoms. The number of amides is 1. The highest BCUT2D eigenvalue weighted by Crippen LogP contribution is 2.21. The van der Waals surface area contributed by atoms with Crippen LogP contribution in [0.15, 0.2) is 0 Å². The first kappa shape index (κ1) is 12.5. The van der Waals surface area contributed by atoms with Crippen LogP contribution in [0, 0.1) is 5.92 Å². The molecule has 1 N–H and O–H groups in total. The Labute approximate surface area is 101 Å². The Bertz CT molecular complexity index is 321. The molecule has 1 fully saturated rings. The lowest BCUT2D eigenvalue weighted by molar-refractivity contribution is -0.123. The van der Waals surface area contributed by atoms with Gasteiger partial charge in [-0.15, -0.1) is 0 Å². The fourth-order valence-corrected chi connectivity index (χ4v) is 2.95. The quantitative estimate of drug-likeness (QED) is 0.451. The minimum absolute atomic E-state index is 0.143. The first-order valence-electron chi connectivity index (χ1n) is 4.05. The molecule has 82 valence electrons. The number of carbonyl (C=O) groups is 1. The maximum atomic E-state index is 11.3. The molecule has 0 aromatic rings. The number of rotatable bonds is 2. The molecule has 1 amide bonds. The number of carbonyl (C=O) groups excluding carboxylic acids is 1. The summed E-state index contributed by atoms with van der Waals surface area (Å²) in [6, 6.07) is 0. The van der Waals surface area contributed by atoms with Crippen molar-refractivity contribution in [3.05, 3.63) is 0 Å². The Morgan fingerprint density at radius 2 is 2.21 bits per heavy atom. The summed E-state index contributed by atoms with van der Waals surface area (Å²) in [5.74, 6) is -0.426. The Kier molecular flexibility index (Phi) is 4.41. The molecule has 0 aromatic carbocycles. The van der Waals surface area contributed by atoms with E-state index in [-0.39, 0.29) is 18.4 Å². The predicted octanol–water partition coefficient (Wildman–Crippen LogP) is 0.648. The Morgan fingerprint density at radius 1 is 1.57 bits per heavy atom. The van der Waals surface area contributed by atoms with Crippen molar-refractivity contribution in [3.8, 4) is 0 Å².